The molecule has 7 heteroatoms. The average Bonchev–Trinajstić information content (AvgIpc) is 3.34. The molecule has 0 bridgehead atoms. The summed E-state index contributed by atoms with van der Waals surface area (Å²) < 4.78 is 11.5. The molecule has 1 aliphatic rings. The monoisotopic (exact) mass is 425 g/mol. The normalized spacial score (nSPS) is 18.8. The van der Waals surface area contributed by atoms with Crippen LogP contribution < -0.4 is 5.32 Å². The van der Waals surface area contributed by atoms with E-state index in [2.05, 4.69) is 27.3 Å². The molecule has 5 nitrogen and oxygen atoms in total. The Morgan fingerprint density at radius 1 is 1.14 bits per heavy atom. The van der Waals surface area contributed by atoms with Crippen molar-refractivity contribution in [1.29, 1.82) is 0 Å². The van der Waals surface area contributed by atoms with E-state index in [1.165, 1.54) is 0 Å². The van der Waals surface area contributed by atoms with Crippen molar-refractivity contribution in [2.24, 2.45) is 0 Å². The molecule has 0 aliphatic carbocycles. The Morgan fingerprint density at radius 3 is 2.72 bits per heavy atom. The summed E-state index contributed by atoms with van der Waals surface area (Å²) in [5.41, 5.74) is 0.947. The number of methoxy groups -OCH3 is 1. The number of thiocarbonyl (C=S) groups is 1. The molecular weight excluding hydrogens is 402 g/mol. The third kappa shape index (κ3) is 4.63. The second-order valence-corrected chi connectivity index (χ2v) is 8.20. The Bertz CT molecular complexity index is 934. The van der Waals surface area contributed by atoms with Gasteiger partial charge in [0, 0.05) is 31.4 Å². The van der Waals surface area contributed by atoms with Crippen molar-refractivity contribution in [3.05, 3.63) is 78.3 Å². The van der Waals surface area contributed by atoms with Crippen LogP contribution in [0.25, 0.3) is 0 Å². The van der Waals surface area contributed by atoms with Gasteiger partial charge in [-0.3, -0.25) is 4.98 Å². The van der Waals surface area contributed by atoms with Crippen molar-refractivity contribution in [3.8, 4) is 0 Å². The highest BCUT2D eigenvalue weighted by Gasteiger charge is 2.41. The summed E-state index contributed by atoms with van der Waals surface area (Å²) in [6, 6.07) is 20.1. The maximum Gasteiger partial charge on any atom is 0.170 e. The van der Waals surface area contributed by atoms with E-state index in [0.29, 0.717) is 6.61 Å². The van der Waals surface area contributed by atoms with Gasteiger partial charge >= 0.3 is 0 Å². The highest BCUT2D eigenvalue weighted by Crippen LogP contribution is 2.41. The quantitative estimate of drug-likeness (QED) is 0.409. The Hall–Kier alpha value is -2.35. The van der Waals surface area contributed by atoms with Crippen molar-refractivity contribution in [1.82, 2.24) is 15.2 Å². The number of rotatable bonds is 8. The van der Waals surface area contributed by atoms with Crippen LogP contribution in [-0.4, -0.2) is 35.3 Å². The summed E-state index contributed by atoms with van der Waals surface area (Å²) in [5.74, 6) is 0.879. The van der Waals surface area contributed by atoms with Crippen LogP contribution in [0.2, 0.25) is 0 Å². The Morgan fingerprint density at radius 2 is 1.97 bits per heavy atom. The van der Waals surface area contributed by atoms with Crippen molar-refractivity contribution in [3.63, 3.8) is 0 Å². The summed E-state index contributed by atoms with van der Waals surface area (Å²) in [6.07, 6.45) is 2.69. The maximum absolute atomic E-state index is 6.27. The first-order chi connectivity index (χ1) is 14.3. The van der Waals surface area contributed by atoms with E-state index in [4.69, 9.17) is 21.4 Å². The smallest absolute Gasteiger partial charge is 0.170 e. The van der Waals surface area contributed by atoms with Gasteiger partial charge < -0.3 is 19.4 Å². The zero-order chi connectivity index (χ0) is 20.1. The van der Waals surface area contributed by atoms with Gasteiger partial charge in [-0.25, -0.2) is 0 Å². The van der Waals surface area contributed by atoms with Crippen LogP contribution in [0.1, 0.15) is 30.0 Å². The third-order valence-electron chi connectivity index (χ3n) is 4.80. The number of aromatic nitrogens is 1. The lowest BCUT2D eigenvalue weighted by Gasteiger charge is -2.25. The van der Waals surface area contributed by atoms with Gasteiger partial charge in [0.2, 0.25) is 0 Å². The summed E-state index contributed by atoms with van der Waals surface area (Å²) in [7, 11) is 1.72. The van der Waals surface area contributed by atoms with Crippen LogP contribution in [0.4, 0.5) is 0 Å². The van der Waals surface area contributed by atoms with Crippen LogP contribution in [0.3, 0.4) is 0 Å². The summed E-state index contributed by atoms with van der Waals surface area (Å²) in [4.78, 5) is 7.89. The van der Waals surface area contributed by atoms with Crippen molar-refractivity contribution in [2.45, 2.75) is 28.5 Å². The molecule has 1 N–H and O–H groups in total. The molecule has 0 radical (unpaired) electrons. The van der Waals surface area contributed by atoms with Crippen LogP contribution >= 0.6 is 24.0 Å². The van der Waals surface area contributed by atoms with Gasteiger partial charge in [0.25, 0.3) is 0 Å². The molecule has 2 atom stereocenters. The van der Waals surface area contributed by atoms with Crippen LogP contribution in [0.15, 0.2) is 81.3 Å². The number of nitrogens with zero attached hydrogens (tertiary/aromatic N) is 2. The minimum atomic E-state index is -0.0630. The molecule has 3 aromatic rings. The number of ether oxygens (including phenoxy) is 1. The Labute approximate surface area is 180 Å². The van der Waals surface area contributed by atoms with Crippen molar-refractivity contribution in [2.75, 3.05) is 20.3 Å². The molecular formula is C22H23N3O2S2. The Kier molecular flexibility index (Phi) is 6.49. The lowest BCUT2D eigenvalue weighted by atomic mass is 10.0. The van der Waals surface area contributed by atoms with E-state index in [1.807, 2.05) is 54.7 Å². The van der Waals surface area contributed by atoms with E-state index in [9.17, 15) is 0 Å². The molecule has 3 heterocycles. The maximum atomic E-state index is 6.27. The number of nitrogens with one attached hydrogen (secondary N) is 1. The molecule has 1 aliphatic heterocycles. The molecule has 2 aromatic heterocycles. The molecule has 0 amide bonds. The van der Waals surface area contributed by atoms with E-state index < -0.39 is 0 Å². The number of pyridine rings is 1. The minimum Gasteiger partial charge on any atom is -0.452 e. The lowest BCUT2D eigenvalue weighted by Crippen LogP contribution is -2.31. The van der Waals surface area contributed by atoms with E-state index in [1.54, 1.807) is 18.9 Å². The topological polar surface area (TPSA) is 50.5 Å². The highest BCUT2D eigenvalue weighted by atomic mass is 32.2. The molecule has 4 rings (SSSR count). The zero-order valence-corrected chi connectivity index (χ0v) is 17.8. The van der Waals surface area contributed by atoms with Crippen LogP contribution in [0.5, 0.6) is 0 Å². The molecule has 1 fully saturated rings. The van der Waals surface area contributed by atoms with Gasteiger partial charge in [-0.15, -0.1) is 0 Å². The van der Waals surface area contributed by atoms with Gasteiger partial charge in [-0.05, 0) is 55.0 Å². The second kappa shape index (κ2) is 9.43. The van der Waals surface area contributed by atoms with E-state index >= 15 is 0 Å². The summed E-state index contributed by atoms with van der Waals surface area (Å²) >= 11 is 7.27. The van der Waals surface area contributed by atoms with Gasteiger partial charge in [0.05, 0.1) is 11.7 Å². The molecule has 0 unspecified atom stereocenters. The minimum absolute atomic E-state index is 0.0561. The fourth-order valence-electron chi connectivity index (χ4n) is 3.49. The third-order valence-corrected chi connectivity index (χ3v) is 6.08. The fourth-order valence-corrected chi connectivity index (χ4v) is 4.62. The molecule has 150 valence electrons. The van der Waals surface area contributed by atoms with Gasteiger partial charge in [-0.1, -0.05) is 36.0 Å². The van der Waals surface area contributed by atoms with E-state index in [-0.39, 0.29) is 12.1 Å². The first kappa shape index (κ1) is 19.9. The van der Waals surface area contributed by atoms with Gasteiger partial charge in [0.1, 0.15) is 11.8 Å². The summed E-state index contributed by atoms with van der Waals surface area (Å²) in [6.45, 7) is 1.48. The van der Waals surface area contributed by atoms with Crippen molar-refractivity contribution < 1.29 is 9.15 Å². The number of hydrogen-bond acceptors (Lipinski definition) is 5. The average molecular weight is 426 g/mol. The predicted molar refractivity (Wildman–Crippen MR) is 118 cm³/mol. The second-order valence-electron chi connectivity index (χ2n) is 6.74. The van der Waals surface area contributed by atoms with Crippen LogP contribution in [0, 0.1) is 0 Å². The molecule has 0 saturated carbocycles. The first-order valence-electron chi connectivity index (χ1n) is 9.56. The summed E-state index contributed by atoms with van der Waals surface area (Å²) in [5, 5.41) is 5.02. The molecule has 1 aromatic carbocycles. The van der Waals surface area contributed by atoms with E-state index in [0.717, 1.165) is 39.5 Å². The lowest BCUT2D eigenvalue weighted by molar-refractivity contribution is 0.176. The molecule has 0 spiro atoms. The molecule has 29 heavy (non-hydrogen) atoms. The molecule has 1 saturated heterocycles. The largest absolute Gasteiger partial charge is 0.452 e. The number of benzene rings is 1. The number of hydrogen-bond donors (Lipinski definition) is 1. The van der Waals surface area contributed by atoms with Gasteiger partial charge in [-0.2, -0.15) is 0 Å². The van der Waals surface area contributed by atoms with Crippen molar-refractivity contribution >= 4 is 29.1 Å². The first-order valence-corrected chi connectivity index (χ1v) is 10.8. The highest BCUT2D eigenvalue weighted by molar-refractivity contribution is 7.99. The van der Waals surface area contributed by atoms with Crippen LogP contribution in [-0.2, 0) is 4.74 Å². The SMILES string of the molecule is COCCCN1C(=S)N[C@H](c2ccccn2)[C@@H]1c1ccc(Sc2ccccc2)o1. The zero-order valence-electron chi connectivity index (χ0n) is 16.2. The standard InChI is InChI=1S/C22H23N3O2S2/c1-26-15-7-14-25-21(20(24-22(25)28)17-10-5-6-13-23-17)18-11-12-19(27-18)29-16-8-3-2-4-9-16/h2-6,8-13,20-21H,7,14-15H2,1H3,(H,24,28)/t20-,21+/m1/s1. The predicted octanol–water partition coefficient (Wildman–Crippen LogP) is 4.83. The van der Waals surface area contributed by atoms with Gasteiger partial charge in [0.15, 0.2) is 10.2 Å². The number of furan rings is 1. The Balaban J connectivity index is 1.61. The fraction of sp³-hybridized carbons (Fsp3) is 0.273.